The Balaban J connectivity index is 0.000000921. The fraction of sp³-hybridized carbons (Fsp3) is 0.417. The Hall–Kier alpha value is -1.35. The van der Waals surface area contributed by atoms with Gasteiger partial charge in [-0.3, -0.25) is 0 Å². The smallest absolute Gasteiger partial charge is 0.124 e. The van der Waals surface area contributed by atoms with Crippen LogP contribution in [0.15, 0.2) is 24.3 Å². The number of aliphatic hydroxyl groups is 1. The molecule has 3 heteroatoms. The molecule has 0 aromatic heterocycles. The highest BCUT2D eigenvalue weighted by Crippen LogP contribution is 2.13. The zero-order valence-corrected chi connectivity index (χ0v) is 9.43. The molecule has 0 heterocycles. The summed E-state index contributed by atoms with van der Waals surface area (Å²) in [5, 5.41) is 7.00. The summed E-state index contributed by atoms with van der Waals surface area (Å²) in [5.41, 5.74) is 1.02. The lowest BCUT2D eigenvalue weighted by atomic mass is 10.2. The third-order valence-corrected chi connectivity index (χ3v) is 1.61. The fourth-order valence-corrected chi connectivity index (χ4v) is 1.07. The molecule has 0 bridgehead atoms. The number of hydrogen-bond acceptors (Lipinski definition) is 3. The van der Waals surface area contributed by atoms with E-state index >= 15 is 0 Å². The minimum absolute atomic E-state index is 0.192. The van der Waals surface area contributed by atoms with Crippen LogP contribution in [-0.4, -0.2) is 24.6 Å². The molecule has 1 rings (SSSR count). The van der Waals surface area contributed by atoms with E-state index in [-0.39, 0.29) is 6.10 Å². The summed E-state index contributed by atoms with van der Waals surface area (Å²) in [6.07, 6.45) is 1.57. The van der Waals surface area contributed by atoms with Crippen LogP contribution in [0.1, 0.15) is 19.4 Å². The van der Waals surface area contributed by atoms with Gasteiger partial charge in [-0.25, -0.2) is 0 Å². The van der Waals surface area contributed by atoms with Crippen molar-refractivity contribution in [2.75, 3.05) is 7.11 Å². The first-order valence-electron chi connectivity index (χ1n) is 4.86. The van der Waals surface area contributed by atoms with Crippen molar-refractivity contribution < 1.29 is 14.6 Å². The average Bonchev–Trinajstić information content (AvgIpc) is 2.24. The second-order valence-corrected chi connectivity index (χ2v) is 3.18. The van der Waals surface area contributed by atoms with Crippen LogP contribution >= 0.6 is 0 Å². The average molecular weight is 210 g/mol. The van der Waals surface area contributed by atoms with Gasteiger partial charge in [-0.1, -0.05) is 12.1 Å². The van der Waals surface area contributed by atoms with Crippen LogP contribution in [0.4, 0.5) is 0 Å². The maximum atomic E-state index is 10.2. The van der Waals surface area contributed by atoms with Crippen molar-refractivity contribution in [2.45, 2.75) is 26.4 Å². The van der Waals surface area contributed by atoms with Gasteiger partial charge in [0.15, 0.2) is 0 Å². The topological polar surface area (TPSA) is 46.5 Å². The first-order chi connectivity index (χ1) is 7.22. The summed E-state index contributed by atoms with van der Waals surface area (Å²) >= 11 is 0. The molecule has 0 spiro atoms. The largest absolute Gasteiger partial charge is 0.491 e. The number of hydrogen-bond donors (Lipinski definition) is 1. The number of ether oxygens (including phenoxy) is 1. The Morgan fingerprint density at radius 3 is 2.20 bits per heavy atom. The molecule has 1 aromatic rings. The van der Waals surface area contributed by atoms with E-state index < -0.39 is 0 Å². The molecule has 0 unspecified atom stereocenters. The number of aldehydes is 1. The summed E-state index contributed by atoms with van der Waals surface area (Å²) in [6.45, 7) is 3.97. The van der Waals surface area contributed by atoms with Crippen LogP contribution in [0.2, 0.25) is 0 Å². The number of rotatable bonds is 4. The molecule has 0 aliphatic carbocycles. The second-order valence-electron chi connectivity index (χ2n) is 3.18. The van der Waals surface area contributed by atoms with Gasteiger partial charge >= 0.3 is 0 Å². The van der Waals surface area contributed by atoms with E-state index in [1.165, 1.54) is 0 Å². The molecule has 0 aliphatic heterocycles. The molecule has 84 valence electrons. The summed E-state index contributed by atoms with van der Waals surface area (Å²) in [4.78, 5) is 10.2. The van der Waals surface area contributed by atoms with E-state index in [0.717, 1.165) is 24.7 Å². The maximum Gasteiger partial charge on any atom is 0.124 e. The van der Waals surface area contributed by atoms with Gasteiger partial charge in [0.1, 0.15) is 12.0 Å². The van der Waals surface area contributed by atoms with Crippen molar-refractivity contribution >= 4 is 6.29 Å². The van der Waals surface area contributed by atoms with Gasteiger partial charge in [0.2, 0.25) is 0 Å². The molecule has 0 atom stereocenters. The van der Waals surface area contributed by atoms with Gasteiger partial charge in [0.05, 0.1) is 6.10 Å². The Kier molecular flexibility index (Phi) is 7.28. The van der Waals surface area contributed by atoms with E-state index in [0.29, 0.717) is 6.42 Å². The van der Waals surface area contributed by atoms with E-state index in [9.17, 15) is 4.79 Å². The Labute approximate surface area is 90.7 Å². The van der Waals surface area contributed by atoms with Crippen LogP contribution in [0.3, 0.4) is 0 Å². The quantitative estimate of drug-likeness (QED) is 0.771. The molecule has 15 heavy (non-hydrogen) atoms. The molecule has 0 radical (unpaired) electrons. The monoisotopic (exact) mass is 210 g/mol. The summed E-state index contributed by atoms with van der Waals surface area (Å²) in [6, 6.07) is 7.59. The van der Waals surface area contributed by atoms with Crippen LogP contribution in [0, 0.1) is 0 Å². The number of benzene rings is 1. The van der Waals surface area contributed by atoms with Gasteiger partial charge < -0.3 is 14.6 Å². The van der Waals surface area contributed by atoms with Crippen LogP contribution in [0.5, 0.6) is 5.75 Å². The van der Waals surface area contributed by atoms with Gasteiger partial charge in [0, 0.05) is 13.5 Å². The molecule has 0 aliphatic rings. The van der Waals surface area contributed by atoms with Crippen molar-refractivity contribution in [1.82, 2.24) is 0 Å². The van der Waals surface area contributed by atoms with Gasteiger partial charge in [-0.05, 0) is 31.5 Å². The van der Waals surface area contributed by atoms with E-state index in [1.54, 1.807) is 0 Å². The maximum absolute atomic E-state index is 10.2. The molecule has 3 nitrogen and oxygen atoms in total. The van der Waals surface area contributed by atoms with Crippen molar-refractivity contribution in [3.8, 4) is 5.75 Å². The van der Waals surface area contributed by atoms with Gasteiger partial charge in [0.25, 0.3) is 0 Å². The third-order valence-electron chi connectivity index (χ3n) is 1.61. The van der Waals surface area contributed by atoms with E-state index in [2.05, 4.69) is 0 Å². The number of carbonyl (C=O) groups is 1. The predicted octanol–water partition coefficient (Wildman–Crippen LogP) is 1.82. The SMILES string of the molecule is CC(C)Oc1ccc(CC=O)cc1.CO. The Bertz CT molecular complexity index is 265. The number of aliphatic hydroxyl groups excluding tert-OH is 1. The molecular weight excluding hydrogens is 192 g/mol. The zero-order chi connectivity index (χ0) is 11.7. The van der Waals surface area contributed by atoms with Crippen LogP contribution in [0.25, 0.3) is 0 Å². The molecule has 1 N–H and O–H groups in total. The van der Waals surface area contributed by atoms with Gasteiger partial charge in [-0.15, -0.1) is 0 Å². The van der Waals surface area contributed by atoms with Crippen molar-refractivity contribution in [2.24, 2.45) is 0 Å². The summed E-state index contributed by atoms with van der Waals surface area (Å²) < 4.78 is 5.46. The standard InChI is InChI=1S/C11H14O2.CH4O/c1-9(2)13-11-5-3-10(4-6-11)7-8-12;1-2/h3-6,8-9H,7H2,1-2H3;2H,1H3. The van der Waals surface area contributed by atoms with Crippen molar-refractivity contribution in [3.05, 3.63) is 29.8 Å². The molecule has 0 amide bonds. The molecule has 0 saturated heterocycles. The highest BCUT2D eigenvalue weighted by molar-refractivity contribution is 5.55. The second kappa shape index (κ2) is 8.00. The molecule has 0 fully saturated rings. The summed E-state index contributed by atoms with van der Waals surface area (Å²) in [5.74, 6) is 0.852. The number of carbonyl (C=O) groups excluding carboxylic acids is 1. The highest BCUT2D eigenvalue weighted by Gasteiger charge is 1.97. The Morgan fingerprint density at radius 2 is 1.80 bits per heavy atom. The van der Waals surface area contributed by atoms with E-state index in [4.69, 9.17) is 9.84 Å². The fourth-order valence-electron chi connectivity index (χ4n) is 1.07. The Morgan fingerprint density at radius 1 is 1.27 bits per heavy atom. The normalized spacial score (nSPS) is 9.13. The predicted molar refractivity (Wildman–Crippen MR) is 60.1 cm³/mol. The molecule has 1 aromatic carbocycles. The third kappa shape index (κ3) is 5.86. The van der Waals surface area contributed by atoms with E-state index in [1.807, 2.05) is 38.1 Å². The molecular formula is C12H18O3. The highest BCUT2D eigenvalue weighted by atomic mass is 16.5. The lowest BCUT2D eigenvalue weighted by Gasteiger charge is -2.09. The van der Waals surface area contributed by atoms with Crippen molar-refractivity contribution in [1.29, 1.82) is 0 Å². The minimum atomic E-state index is 0.192. The zero-order valence-electron chi connectivity index (χ0n) is 9.43. The van der Waals surface area contributed by atoms with Crippen LogP contribution in [-0.2, 0) is 11.2 Å². The minimum Gasteiger partial charge on any atom is -0.491 e. The first-order valence-corrected chi connectivity index (χ1v) is 4.86. The lowest BCUT2D eigenvalue weighted by molar-refractivity contribution is -0.107. The van der Waals surface area contributed by atoms with Gasteiger partial charge in [-0.2, -0.15) is 0 Å². The van der Waals surface area contributed by atoms with Crippen LogP contribution < -0.4 is 4.74 Å². The summed E-state index contributed by atoms with van der Waals surface area (Å²) in [7, 11) is 1.00. The lowest BCUT2D eigenvalue weighted by Crippen LogP contribution is -2.05. The first kappa shape index (κ1) is 13.7. The van der Waals surface area contributed by atoms with Crippen molar-refractivity contribution in [3.63, 3.8) is 0 Å². The molecule has 0 saturated carbocycles.